The van der Waals surface area contributed by atoms with Crippen LogP contribution in [0.3, 0.4) is 0 Å². The second-order valence-corrected chi connectivity index (χ2v) is 6.67. The Labute approximate surface area is 132 Å². The van der Waals surface area contributed by atoms with Crippen LogP contribution >= 0.6 is 11.3 Å². The zero-order valence-corrected chi connectivity index (χ0v) is 14.0. The number of hydrogen-bond donors (Lipinski definition) is 1. The molecule has 114 valence electrons. The predicted molar refractivity (Wildman–Crippen MR) is 91.8 cm³/mol. The fraction of sp³-hybridized carbons (Fsp3) is 0.471. The lowest BCUT2D eigenvalue weighted by Gasteiger charge is -2.21. The highest BCUT2D eigenvalue weighted by Crippen LogP contribution is 2.18. The van der Waals surface area contributed by atoms with Crippen molar-refractivity contribution < 1.29 is 0 Å². The largest absolute Gasteiger partial charge is 0.352 e. The highest BCUT2D eigenvalue weighted by Gasteiger charge is 2.08. The summed E-state index contributed by atoms with van der Waals surface area (Å²) < 4.78 is 0. The van der Waals surface area contributed by atoms with Crippen LogP contribution in [0.2, 0.25) is 0 Å². The fourth-order valence-corrected chi connectivity index (χ4v) is 2.91. The van der Waals surface area contributed by atoms with Gasteiger partial charge in [0.15, 0.2) is 0 Å². The van der Waals surface area contributed by atoms with Gasteiger partial charge in [0.25, 0.3) is 0 Å². The molecule has 0 aliphatic heterocycles. The molecule has 0 aliphatic rings. The van der Waals surface area contributed by atoms with E-state index in [1.54, 1.807) is 11.3 Å². The summed E-state index contributed by atoms with van der Waals surface area (Å²) in [6.07, 6.45) is 1.92. The number of pyridine rings is 1. The second kappa shape index (κ2) is 8.15. The molecule has 0 unspecified atom stereocenters. The third-order valence-corrected chi connectivity index (χ3v) is 4.19. The topological polar surface area (TPSA) is 28.2 Å². The summed E-state index contributed by atoms with van der Waals surface area (Å²) in [5, 5.41) is 5.61. The molecule has 0 saturated heterocycles. The molecule has 2 aromatic rings. The number of anilines is 1. The Hall–Kier alpha value is -1.39. The molecule has 2 heterocycles. The van der Waals surface area contributed by atoms with Gasteiger partial charge in [0, 0.05) is 24.2 Å². The monoisotopic (exact) mass is 303 g/mol. The molecule has 0 aromatic carbocycles. The highest BCUT2D eigenvalue weighted by atomic mass is 32.1. The molecule has 0 atom stereocenters. The molecule has 2 aromatic heterocycles. The Morgan fingerprint density at radius 3 is 2.86 bits per heavy atom. The van der Waals surface area contributed by atoms with Gasteiger partial charge in [-0.2, -0.15) is 0 Å². The minimum atomic E-state index is 0.678. The first-order valence-electron chi connectivity index (χ1n) is 7.62. The molecule has 21 heavy (non-hydrogen) atoms. The van der Waals surface area contributed by atoms with Crippen molar-refractivity contribution in [3.8, 4) is 0 Å². The summed E-state index contributed by atoms with van der Waals surface area (Å²) in [4.78, 5) is 8.23. The van der Waals surface area contributed by atoms with E-state index in [0.29, 0.717) is 5.92 Å². The summed E-state index contributed by atoms with van der Waals surface area (Å²) in [6.45, 7) is 10.5. The normalized spacial score (nSPS) is 11.0. The van der Waals surface area contributed by atoms with E-state index < -0.39 is 0 Å². The van der Waals surface area contributed by atoms with Gasteiger partial charge < -0.3 is 10.2 Å². The fourth-order valence-electron chi connectivity index (χ4n) is 2.19. The first-order valence-corrected chi connectivity index (χ1v) is 8.50. The van der Waals surface area contributed by atoms with Crippen LogP contribution in [0.25, 0.3) is 0 Å². The first kappa shape index (κ1) is 16.0. The molecule has 0 aliphatic carbocycles. The van der Waals surface area contributed by atoms with Crippen molar-refractivity contribution in [1.82, 2.24) is 10.3 Å². The minimum absolute atomic E-state index is 0.678. The SMILES string of the molecule is CCN(Cc1cccs1)c1cc(CNCC(C)C)ccn1. The number of aromatic nitrogens is 1. The second-order valence-electron chi connectivity index (χ2n) is 5.64. The number of hydrogen-bond acceptors (Lipinski definition) is 4. The zero-order valence-electron chi connectivity index (χ0n) is 13.2. The summed E-state index contributed by atoms with van der Waals surface area (Å²) in [5.74, 6) is 1.74. The van der Waals surface area contributed by atoms with Crippen LogP contribution in [0.15, 0.2) is 35.8 Å². The molecule has 0 spiro atoms. The number of nitrogens with one attached hydrogen (secondary N) is 1. The number of nitrogens with zero attached hydrogens (tertiary/aromatic N) is 2. The lowest BCUT2D eigenvalue weighted by Crippen LogP contribution is -2.23. The average Bonchev–Trinajstić information content (AvgIpc) is 2.97. The van der Waals surface area contributed by atoms with E-state index in [1.165, 1.54) is 10.4 Å². The number of rotatable bonds is 8. The van der Waals surface area contributed by atoms with Crippen LogP contribution in [0.4, 0.5) is 5.82 Å². The molecule has 3 nitrogen and oxygen atoms in total. The predicted octanol–water partition coefficient (Wildman–Crippen LogP) is 3.92. The average molecular weight is 303 g/mol. The van der Waals surface area contributed by atoms with E-state index >= 15 is 0 Å². The minimum Gasteiger partial charge on any atom is -0.352 e. The van der Waals surface area contributed by atoms with E-state index in [9.17, 15) is 0 Å². The van der Waals surface area contributed by atoms with Gasteiger partial charge in [-0.15, -0.1) is 11.3 Å². The lowest BCUT2D eigenvalue weighted by atomic mass is 10.2. The van der Waals surface area contributed by atoms with Crippen LogP contribution in [0.5, 0.6) is 0 Å². The van der Waals surface area contributed by atoms with Gasteiger partial charge in [-0.25, -0.2) is 4.98 Å². The van der Waals surface area contributed by atoms with E-state index in [2.05, 4.69) is 65.6 Å². The molecule has 1 N–H and O–H groups in total. The van der Waals surface area contributed by atoms with E-state index in [4.69, 9.17) is 0 Å². The van der Waals surface area contributed by atoms with Gasteiger partial charge in [-0.05, 0) is 48.5 Å². The maximum Gasteiger partial charge on any atom is 0.129 e. The quantitative estimate of drug-likeness (QED) is 0.801. The standard InChI is InChI=1S/C17H25N3S/c1-4-20(13-16-6-5-9-21-16)17-10-15(7-8-19-17)12-18-11-14(2)3/h5-10,14,18H,4,11-13H2,1-3H3. The maximum atomic E-state index is 4.54. The molecule has 0 amide bonds. The van der Waals surface area contributed by atoms with E-state index in [-0.39, 0.29) is 0 Å². The first-order chi connectivity index (χ1) is 10.2. The van der Waals surface area contributed by atoms with Gasteiger partial charge in [-0.3, -0.25) is 0 Å². The molecule has 0 fully saturated rings. The van der Waals surface area contributed by atoms with Crippen LogP contribution < -0.4 is 10.2 Å². The van der Waals surface area contributed by atoms with Crippen molar-refractivity contribution in [2.75, 3.05) is 18.0 Å². The molecule has 2 rings (SSSR count). The van der Waals surface area contributed by atoms with Crippen molar-refractivity contribution in [3.05, 3.63) is 46.3 Å². The highest BCUT2D eigenvalue weighted by molar-refractivity contribution is 7.09. The molecule has 0 bridgehead atoms. The van der Waals surface area contributed by atoms with Crippen molar-refractivity contribution in [2.45, 2.75) is 33.9 Å². The third-order valence-electron chi connectivity index (χ3n) is 3.32. The number of thiophene rings is 1. The third kappa shape index (κ3) is 5.14. The Balaban J connectivity index is 2.00. The van der Waals surface area contributed by atoms with Crippen molar-refractivity contribution >= 4 is 17.2 Å². The summed E-state index contributed by atoms with van der Waals surface area (Å²) in [7, 11) is 0. The Morgan fingerprint density at radius 2 is 2.19 bits per heavy atom. The van der Waals surface area contributed by atoms with Crippen molar-refractivity contribution in [3.63, 3.8) is 0 Å². The molecule has 4 heteroatoms. The van der Waals surface area contributed by atoms with Crippen LogP contribution in [-0.2, 0) is 13.1 Å². The van der Waals surface area contributed by atoms with Gasteiger partial charge in [0.1, 0.15) is 5.82 Å². The molecular formula is C17H25N3S. The zero-order chi connectivity index (χ0) is 15.1. The Kier molecular flexibility index (Phi) is 6.21. The van der Waals surface area contributed by atoms with Gasteiger partial charge in [-0.1, -0.05) is 19.9 Å². The van der Waals surface area contributed by atoms with E-state index in [0.717, 1.165) is 32.0 Å². The molecular weight excluding hydrogens is 278 g/mol. The van der Waals surface area contributed by atoms with Gasteiger partial charge in [0.2, 0.25) is 0 Å². The molecule has 0 saturated carbocycles. The van der Waals surface area contributed by atoms with Crippen LogP contribution in [-0.4, -0.2) is 18.1 Å². The van der Waals surface area contributed by atoms with Crippen molar-refractivity contribution in [1.29, 1.82) is 0 Å². The maximum absolute atomic E-state index is 4.54. The van der Waals surface area contributed by atoms with Crippen LogP contribution in [0, 0.1) is 5.92 Å². The van der Waals surface area contributed by atoms with Gasteiger partial charge >= 0.3 is 0 Å². The van der Waals surface area contributed by atoms with Crippen LogP contribution in [0.1, 0.15) is 31.2 Å². The summed E-state index contributed by atoms with van der Waals surface area (Å²) >= 11 is 1.80. The summed E-state index contributed by atoms with van der Waals surface area (Å²) in [6, 6.07) is 8.58. The molecule has 0 radical (unpaired) electrons. The smallest absolute Gasteiger partial charge is 0.129 e. The van der Waals surface area contributed by atoms with Crippen molar-refractivity contribution in [2.24, 2.45) is 5.92 Å². The Bertz CT molecular complexity index is 523. The Morgan fingerprint density at radius 1 is 1.33 bits per heavy atom. The lowest BCUT2D eigenvalue weighted by molar-refractivity contribution is 0.552. The summed E-state index contributed by atoms with van der Waals surface area (Å²) in [5.41, 5.74) is 1.30. The van der Waals surface area contributed by atoms with Gasteiger partial charge in [0.05, 0.1) is 6.54 Å². The van der Waals surface area contributed by atoms with E-state index in [1.807, 2.05) is 6.20 Å².